The molecule has 0 saturated carbocycles. The average Bonchev–Trinajstić information content (AvgIpc) is 2.30. The summed E-state index contributed by atoms with van der Waals surface area (Å²) in [5.74, 6) is 0.485. The van der Waals surface area contributed by atoms with E-state index in [0.29, 0.717) is 16.4 Å². The fourth-order valence-corrected chi connectivity index (χ4v) is 2.51. The van der Waals surface area contributed by atoms with Crippen LogP contribution in [0.15, 0.2) is 18.2 Å². The molecule has 0 spiro atoms. The molecule has 1 heterocycles. The first kappa shape index (κ1) is 11.9. The van der Waals surface area contributed by atoms with E-state index in [-0.39, 0.29) is 0 Å². The van der Waals surface area contributed by atoms with Crippen LogP contribution in [-0.2, 0) is 0 Å². The molecule has 1 aromatic carbocycles. The molecule has 0 bridgehead atoms. The number of benzene rings is 1. The lowest BCUT2D eigenvalue weighted by atomic mass is 9.78. The quantitative estimate of drug-likeness (QED) is 0.658. The van der Waals surface area contributed by atoms with Crippen molar-refractivity contribution in [3.8, 4) is 0 Å². The Morgan fingerprint density at radius 2 is 1.94 bits per heavy atom. The first-order valence-electron chi connectivity index (χ1n) is 5.54. The lowest BCUT2D eigenvalue weighted by molar-refractivity contribution is 0.425. The lowest BCUT2D eigenvalue weighted by Crippen LogP contribution is -2.30. The maximum Gasteiger partial charge on any atom is 0.488 e. The highest BCUT2D eigenvalue weighted by Gasteiger charge is 2.19. The van der Waals surface area contributed by atoms with Gasteiger partial charge in [-0.3, -0.25) is 0 Å². The SMILES string of the molecule is OB(O)c1ccc(C2CCNCC2)c(Cl)c1. The van der Waals surface area contributed by atoms with Gasteiger partial charge in [0, 0.05) is 5.02 Å². The fourth-order valence-electron chi connectivity index (χ4n) is 2.17. The van der Waals surface area contributed by atoms with E-state index in [9.17, 15) is 0 Å². The first-order valence-corrected chi connectivity index (χ1v) is 5.92. The van der Waals surface area contributed by atoms with Crippen molar-refractivity contribution in [1.29, 1.82) is 0 Å². The van der Waals surface area contributed by atoms with E-state index in [4.69, 9.17) is 21.6 Å². The highest BCUT2D eigenvalue weighted by molar-refractivity contribution is 6.59. The molecule has 1 fully saturated rings. The van der Waals surface area contributed by atoms with Crippen molar-refractivity contribution in [2.75, 3.05) is 13.1 Å². The van der Waals surface area contributed by atoms with Gasteiger partial charge in [-0.05, 0) is 48.9 Å². The summed E-state index contributed by atoms with van der Waals surface area (Å²) in [5.41, 5.74) is 1.57. The summed E-state index contributed by atoms with van der Waals surface area (Å²) in [4.78, 5) is 0. The molecule has 5 heteroatoms. The van der Waals surface area contributed by atoms with Gasteiger partial charge in [-0.1, -0.05) is 23.7 Å². The first-order chi connectivity index (χ1) is 7.68. The van der Waals surface area contributed by atoms with Crippen LogP contribution in [0.5, 0.6) is 0 Å². The van der Waals surface area contributed by atoms with Gasteiger partial charge in [0.05, 0.1) is 0 Å². The third-order valence-corrected chi connectivity index (χ3v) is 3.43. The second kappa shape index (κ2) is 5.19. The molecule has 0 unspecified atom stereocenters. The van der Waals surface area contributed by atoms with Crippen LogP contribution in [0.25, 0.3) is 0 Å². The van der Waals surface area contributed by atoms with Gasteiger partial charge in [0.1, 0.15) is 0 Å². The molecule has 0 aromatic heterocycles. The van der Waals surface area contributed by atoms with Gasteiger partial charge in [-0.15, -0.1) is 0 Å². The molecule has 16 heavy (non-hydrogen) atoms. The topological polar surface area (TPSA) is 52.5 Å². The average molecular weight is 240 g/mol. The van der Waals surface area contributed by atoms with Crippen molar-refractivity contribution < 1.29 is 10.0 Å². The molecule has 1 aromatic rings. The van der Waals surface area contributed by atoms with E-state index in [1.54, 1.807) is 12.1 Å². The molecule has 2 rings (SSSR count). The highest BCUT2D eigenvalue weighted by Crippen LogP contribution is 2.30. The second-order valence-corrected chi connectivity index (χ2v) is 4.59. The number of piperidine rings is 1. The van der Waals surface area contributed by atoms with Gasteiger partial charge in [0.25, 0.3) is 0 Å². The molecule has 0 amide bonds. The zero-order chi connectivity index (χ0) is 11.5. The predicted molar refractivity (Wildman–Crippen MR) is 66.1 cm³/mol. The van der Waals surface area contributed by atoms with E-state index in [1.807, 2.05) is 6.07 Å². The summed E-state index contributed by atoms with van der Waals surface area (Å²) >= 11 is 6.16. The van der Waals surface area contributed by atoms with Gasteiger partial charge in [0.2, 0.25) is 0 Å². The summed E-state index contributed by atoms with van der Waals surface area (Å²) < 4.78 is 0. The molecular weight excluding hydrogens is 224 g/mol. The number of rotatable bonds is 2. The van der Waals surface area contributed by atoms with Gasteiger partial charge < -0.3 is 15.4 Å². The van der Waals surface area contributed by atoms with Gasteiger partial charge in [-0.25, -0.2) is 0 Å². The van der Waals surface area contributed by atoms with Crippen LogP contribution >= 0.6 is 11.6 Å². The molecule has 0 aliphatic carbocycles. The third-order valence-electron chi connectivity index (χ3n) is 3.10. The minimum atomic E-state index is -1.44. The molecule has 3 N–H and O–H groups in total. The second-order valence-electron chi connectivity index (χ2n) is 4.18. The largest absolute Gasteiger partial charge is 0.488 e. The molecule has 3 nitrogen and oxygen atoms in total. The van der Waals surface area contributed by atoms with Crippen LogP contribution < -0.4 is 10.8 Å². The Morgan fingerprint density at radius 1 is 1.25 bits per heavy atom. The third kappa shape index (κ3) is 2.58. The van der Waals surface area contributed by atoms with E-state index in [1.165, 1.54) is 0 Å². The van der Waals surface area contributed by atoms with Crippen molar-refractivity contribution in [2.45, 2.75) is 18.8 Å². The Kier molecular flexibility index (Phi) is 3.87. The van der Waals surface area contributed by atoms with E-state index in [0.717, 1.165) is 31.5 Å². The van der Waals surface area contributed by atoms with Crippen molar-refractivity contribution >= 4 is 24.2 Å². The fraction of sp³-hybridized carbons (Fsp3) is 0.455. The Hall–Kier alpha value is -0.545. The molecule has 1 aliphatic rings. The number of hydrogen-bond donors (Lipinski definition) is 3. The number of halogens is 1. The van der Waals surface area contributed by atoms with Gasteiger partial charge in [-0.2, -0.15) is 0 Å². The van der Waals surface area contributed by atoms with E-state index in [2.05, 4.69) is 5.32 Å². The summed E-state index contributed by atoms with van der Waals surface area (Å²) in [6.07, 6.45) is 2.17. The van der Waals surface area contributed by atoms with Crippen LogP contribution in [0.3, 0.4) is 0 Å². The minimum Gasteiger partial charge on any atom is -0.423 e. The number of hydrogen-bond acceptors (Lipinski definition) is 3. The Labute approximate surface area is 101 Å². The Bertz CT molecular complexity index is 367. The Balaban J connectivity index is 2.21. The van der Waals surface area contributed by atoms with E-state index >= 15 is 0 Å². The zero-order valence-corrected chi connectivity index (χ0v) is 9.74. The van der Waals surface area contributed by atoms with Crippen LogP contribution in [-0.4, -0.2) is 30.3 Å². The van der Waals surface area contributed by atoms with Crippen LogP contribution in [0.4, 0.5) is 0 Å². The van der Waals surface area contributed by atoms with Gasteiger partial charge >= 0.3 is 7.12 Å². The zero-order valence-electron chi connectivity index (χ0n) is 8.99. The number of nitrogens with one attached hydrogen (secondary N) is 1. The molecule has 0 atom stereocenters. The van der Waals surface area contributed by atoms with Crippen molar-refractivity contribution in [3.05, 3.63) is 28.8 Å². The van der Waals surface area contributed by atoms with Crippen molar-refractivity contribution in [3.63, 3.8) is 0 Å². The molecule has 1 aliphatic heterocycles. The van der Waals surface area contributed by atoms with Gasteiger partial charge in [0.15, 0.2) is 0 Å². The van der Waals surface area contributed by atoms with Crippen LogP contribution in [0.1, 0.15) is 24.3 Å². The van der Waals surface area contributed by atoms with Crippen LogP contribution in [0, 0.1) is 0 Å². The monoisotopic (exact) mass is 239 g/mol. The summed E-state index contributed by atoms with van der Waals surface area (Å²) in [6.45, 7) is 2.04. The molecule has 1 saturated heterocycles. The molecular formula is C11H15BClNO2. The van der Waals surface area contributed by atoms with Crippen LogP contribution in [0.2, 0.25) is 5.02 Å². The summed E-state index contributed by atoms with van der Waals surface area (Å²) in [6, 6.07) is 5.28. The normalized spacial score (nSPS) is 17.4. The predicted octanol–water partition coefficient (Wildman–Crippen LogP) is 0.487. The highest BCUT2D eigenvalue weighted by atomic mass is 35.5. The van der Waals surface area contributed by atoms with Crippen molar-refractivity contribution in [2.24, 2.45) is 0 Å². The summed E-state index contributed by atoms with van der Waals surface area (Å²) in [7, 11) is -1.44. The maximum atomic E-state index is 9.04. The van der Waals surface area contributed by atoms with Crippen molar-refractivity contribution in [1.82, 2.24) is 5.32 Å². The van der Waals surface area contributed by atoms with E-state index < -0.39 is 7.12 Å². The smallest absolute Gasteiger partial charge is 0.423 e. The lowest BCUT2D eigenvalue weighted by Gasteiger charge is -2.24. The maximum absolute atomic E-state index is 9.04. The standard InChI is InChI=1S/C11H15BClNO2/c13-11-7-9(12(15)16)1-2-10(11)8-3-5-14-6-4-8/h1-2,7-8,14-16H,3-6H2. The molecule has 86 valence electrons. The Morgan fingerprint density at radius 3 is 2.50 bits per heavy atom. The molecule has 0 radical (unpaired) electrons. The minimum absolute atomic E-state index is 0.447. The summed E-state index contributed by atoms with van der Waals surface area (Å²) in [5, 5.41) is 22.0.